The fourth-order valence-corrected chi connectivity index (χ4v) is 4.30. The van der Waals surface area contributed by atoms with Gasteiger partial charge >= 0.3 is 5.97 Å². The number of carboxylic acids is 1. The van der Waals surface area contributed by atoms with Crippen molar-refractivity contribution in [2.75, 3.05) is 0 Å². The molecule has 0 atom stereocenters. The second kappa shape index (κ2) is 13.6. The fraction of sp³-hybridized carbons (Fsp3) is 0.300. The van der Waals surface area contributed by atoms with Crippen LogP contribution < -0.4 is 0 Å². The first-order valence-corrected chi connectivity index (χ1v) is 13.2. The van der Waals surface area contributed by atoms with E-state index in [1.54, 1.807) is 12.1 Å². The van der Waals surface area contributed by atoms with Crippen molar-refractivity contribution < 1.29 is 19.5 Å². The van der Waals surface area contributed by atoms with Crippen LogP contribution in [0.2, 0.25) is 10.0 Å². The monoisotopic (exact) mass is 554 g/mol. The minimum absolute atomic E-state index is 0.0129. The average molecular weight is 556 g/mol. The Kier molecular flexibility index (Phi) is 10.5. The van der Waals surface area contributed by atoms with Crippen LogP contribution in [-0.4, -0.2) is 26.3 Å². The number of nitrogens with zero attached hydrogens (tertiary/aromatic N) is 2. The second-order valence-electron chi connectivity index (χ2n) is 9.89. The summed E-state index contributed by atoms with van der Waals surface area (Å²) in [7, 11) is 0. The summed E-state index contributed by atoms with van der Waals surface area (Å²) in [4.78, 5) is 15.1. The van der Waals surface area contributed by atoms with Crippen LogP contribution in [0.25, 0.3) is 22.8 Å². The summed E-state index contributed by atoms with van der Waals surface area (Å²) >= 11 is 12.3. The lowest BCUT2D eigenvalue weighted by Crippen LogP contribution is -1.99. The SMILES string of the molecule is CC(C)Cc1ccc(-c2nc(-c3ccc(CO)cc3)no2)cc1Cl.CC(C)Cc1ccc(C(=O)O)cc1Cl. The van der Waals surface area contributed by atoms with Gasteiger partial charge in [0.25, 0.3) is 5.89 Å². The summed E-state index contributed by atoms with van der Waals surface area (Å²) in [5, 5.41) is 23.1. The van der Waals surface area contributed by atoms with E-state index in [1.165, 1.54) is 6.07 Å². The molecule has 4 aromatic rings. The number of rotatable bonds is 8. The Morgan fingerprint density at radius 1 is 0.842 bits per heavy atom. The lowest BCUT2D eigenvalue weighted by Gasteiger charge is -2.07. The van der Waals surface area contributed by atoms with Gasteiger partial charge in [-0.05, 0) is 65.6 Å². The van der Waals surface area contributed by atoms with Gasteiger partial charge in [0.15, 0.2) is 0 Å². The summed E-state index contributed by atoms with van der Waals surface area (Å²) in [6.07, 6.45) is 1.81. The van der Waals surface area contributed by atoms with E-state index < -0.39 is 5.97 Å². The van der Waals surface area contributed by atoms with Crippen molar-refractivity contribution in [3.05, 3.63) is 93.0 Å². The maximum atomic E-state index is 10.6. The maximum absolute atomic E-state index is 10.6. The zero-order valence-electron chi connectivity index (χ0n) is 21.9. The van der Waals surface area contributed by atoms with Crippen molar-refractivity contribution in [1.82, 2.24) is 10.1 Å². The number of hydrogen-bond acceptors (Lipinski definition) is 5. The van der Waals surface area contributed by atoms with Gasteiger partial charge in [0, 0.05) is 21.2 Å². The number of aliphatic hydroxyl groups is 1. The van der Waals surface area contributed by atoms with E-state index in [2.05, 4.69) is 37.8 Å². The number of carboxylic acid groups (broad SMARTS) is 1. The molecular formula is C30H32Cl2N2O4. The number of hydrogen-bond donors (Lipinski definition) is 2. The molecule has 200 valence electrons. The quantitative estimate of drug-likeness (QED) is 0.229. The van der Waals surface area contributed by atoms with E-state index in [0.29, 0.717) is 33.6 Å². The molecule has 0 saturated carbocycles. The molecule has 1 aromatic heterocycles. The van der Waals surface area contributed by atoms with Crippen molar-refractivity contribution in [1.29, 1.82) is 0 Å². The predicted octanol–water partition coefficient (Wildman–Crippen LogP) is 7.98. The van der Waals surface area contributed by atoms with Crippen LogP contribution in [0.5, 0.6) is 0 Å². The first kappa shape index (κ1) is 29.4. The van der Waals surface area contributed by atoms with Crippen LogP contribution in [-0.2, 0) is 19.4 Å². The Hall–Kier alpha value is -3.19. The Balaban J connectivity index is 0.000000244. The molecular weight excluding hydrogens is 523 g/mol. The largest absolute Gasteiger partial charge is 0.478 e. The molecule has 0 saturated heterocycles. The molecule has 3 aromatic carbocycles. The third-order valence-corrected chi connectivity index (χ3v) is 6.38. The Labute approximate surface area is 233 Å². The van der Waals surface area contributed by atoms with Gasteiger partial charge in [-0.15, -0.1) is 0 Å². The third kappa shape index (κ3) is 8.15. The highest BCUT2D eigenvalue weighted by Crippen LogP contribution is 2.28. The number of benzene rings is 3. The fourth-order valence-electron chi connectivity index (χ4n) is 3.79. The molecule has 2 N–H and O–H groups in total. The number of aromatic carboxylic acids is 1. The van der Waals surface area contributed by atoms with E-state index in [-0.39, 0.29) is 12.2 Å². The van der Waals surface area contributed by atoms with Gasteiger partial charge in [0.05, 0.1) is 12.2 Å². The van der Waals surface area contributed by atoms with Crippen LogP contribution in [0.1, 0.15) is 54.7 Å². The molecule has 0 aliphatic heterocycles. The van der Waals surface area contributed by atoms with Crippen molar-refractivity contribution in [3.63, 3.8) is 0 Å². The molecule has 1 heterocycles. The molecule has 0 fully saturated rings. The van der Waals surface area contributed by atoms with Gasteiger partial charge in [-0.3, -0.25) is 0 Å². The van der Waals surface area contributed by atoms with Gasteiger partial charge in [0.2, 0.25) is 5.82 Å². The van der Waals surface area contributed by atoms with Crippen LogP contribution in [0.15, 0.2) is 65.2 Å². The Morgan fingerprint density at radius 2 is 1.39 bits per heavy atom. The molecule has 6 nitrogen and oxygen atoms in total. The standard InChI is InChI=1S/C19H19ClN2O2.C11H13ClO2/c1-12(2)9-15-7-8-16(10-17(15)20)19-21-18(22-24-19)14-5-3-13(11-23)4-6-14;1-7(2)5-8-3-4-9(11(13)14)6-10(8)12/h3-8,10,12,23H,9,11H2,1-2H3;3-4,6-7H,5H2,1-2H3,(H,13,14). The third-order valence-electron chi connectivity index (χ3n) is 5.68. The summed E-state index contributed by atoms with van der Waals surface area (Å²) in [6, 6.07) is 18.1. The van der Waals surface area contributed by atoms with Crippen molar-refractivity contribution in [3.8, 4) is 22.8 Å². The number of halogens is 2. The van der Waals surface area contributed by atoms with E-state index in [0.717, 1.165) is 40.7 Å². The second-order valence-corrected chi connectivity index (χ2v) is 10.7. The molecule has 0 aliphatic carbocycles. The highest BCUT2D eigenvalue weighted by molar-refractivity contribution is 6.32. The zero-order chi connectivity index (χ0) is 27.8. The van der Waals surface area contributed by atoms with Crippen molar-refractivity contribution >= 4 is 29.2 Å². The lowest BCUT2D eigenvalue weighted by molar-refractivity contribution is 0.0697. The molecule has 8 heteroatoms. The number of carbonyl (C=O) groups is 1. The van der Waals surface area contributed by atoms with E-state index in [1.807, 2.05) is 42.5 Å². The van der Waals surface area contributed by atoms with Gasteiger partial charge < -0.3 is 14.7 Å². The highest BCUT2D eigenvalue weighted by atomic mass is 35.5. The normalized spacial score (nSPS) is 11.0. The summed E-state index contributed by atoms with van der Waals surface area (Å²) < 4.78 is 5.37. The van der Waals surface area contributed by atoms with Gasteiger partial charge in [-0.2, -0.15) is 4.98 Å². The first-order chi connectivity index (χ1) is 18.1. The topological polar surface area (TPSA) is 96.5 Å². The summed E-state index contributed by atoms with van der Waals surface area (Å²) in [5.41, 5.74) is 4.85. The minimum atomic E-state index is -0.942. The van der Waals surface area contributed by atoms with E-state index in [9.17, 15) is 4.79 Å². The molecule has 4 rings (SSSR count). The van der Waals surface area contributed by atoms with Gasteiger partial charge in [-0.25, -0.2) is 4.79 Å². The molecule has 0 aliphatic rings. The van der Waals surface area contributed by atoms with Crippen LogP contribution in [0, 0.1) is 11.8 Å². The molecule has 0 unspecified atom stereocenters. The van der Waals surface area contributed by atoms with E-state index in [4.69, 9.17) is 37.9 Å². The van der Waals surface area contributed by atoms with Crippen LogP contribution in [0.3, 0.4) is 0 Å². The Bertz CT molecular complexity index is 1370. The Morgan fingerprint density at radius 3 is 1.89 bits per heavy atom. The first-order valence-electron chi connectivity index (χ1n) is 12.4. The maximum Gasteiger partial charge on any atom is 0.335 e. The smallest absolute Gasteiger partial charge is 0.335 e. The zero-order valence-corrected chi connectivity index (χ0v) is 23.4. The van der Waals surface area contributed by atoms with Crippen molar-refractivity contribution in [2.24, 2.45) is 11.8 Å². The molecule has 0 bridgehead atoms. The predicted molar refractivity (Wildman–Crippen MR) is 152 cm³/mol. The molecule has 0 radical (unpaired) electrons. The molecule has 0 amide bonds. The van der Waals surface area contributed by atoms with Gasteiger partial charge in [-0.1, -0.05) is 92.5 Å². The summed E-state index contributed by atoms with van der Waals surface area (Å²) in [5.74, 6) is 1.07. The van der Waals surface area contributed by atoms with Crippen molar-refractivity contribution in [2.45, 2.75) is 47.1 Å². The van der Waals surface area contributed by atoms with Crippen LogP contribution >= 0.6 is 23.2 Å². The summed E-state index contributed by atoms with van der Waals surface area (Å²) in [6.45, 7) is 8.54. The number of aliphatic hydroxyl groups excluding tert-OH is 1. The minimum Gasteiger partial charge on any atom is -0.478 e. The van der Waals surface area contributed by atoms with E-state index >= 15 is 0 Å². The number of aromatic nitrogens is 2. The highest BCUT2D eigenvalue weighted by Gasteiger charge is 2.13. The van der Waals surface area contributed by atoms with Crippen LogP contribution in [0.4, 0.5) is 0 Å². The lowest BCUT2D eigenvalue weighted by atomic mass is 10.0. The molecule has 38 heavy (non-hydrogen) atoms. The van der Waals surface area contributed by atoms with Gasteiger partial charge in [0.1, 0.15) is 0 Å². The average Bonchev–Trinajstić information content (AvgIpc) is 3.37. The molecule has 0 spiro atoms.